The van der Waals surface area contributed by atoms with Crippen LogP contribution in [0, 0.1) is 0 Å². The second kappa shape index (κ2) is 7.60. The SMILES string of the molecule is [B-][PH+](CCCC)CCCC. The molecule has 0 amide bonds. The molecule has 0 fully saturated rings. The van der Waals surface area contributed by atoms with Crippen molar-refractivity contribution in [3.63, 3.8) is 0 Å². The normalized spacial score (nSPS) is 10.8. The molecule has 59 valence electrons. The average molecular weight is 157 g/mol. The average Bonchev–Trinajstić information content (AvgIpc) is 1.97. The molecule has 10 heavy (non-hydrogen) atoms. The van der Waals surface area contributed by atoms with E-state index in [-0.39, 0.29) is 0 Å². The summed E-state index contributed by atoms with van der Waals surface area (Å²) in [5.41, 5.74) is 0. The molecule has 0 rings (SSSR count). The first-order valence-corrected chi connectivity index (χ1v) is 6.40. The molecular weight excluding hydrogens is 138 g/mol. The van der Waals surface area contributed by atoms with Crippen LogP contribution >= 0.6 is 7.80 Å². The van der Waals surface area contributed by atoms with Gasteiger partial charge in [-0.1, -0.05) is 26.7 Å². The summed E-state index contributed by atoms with van der Waals surface area (Å²) in [6.45, 7) is 4.46. The third kappa shape index (κ3) is 6.61. The molecule has 0 nitrogen and oxygen atoms in total. The minimum absolute atomic E-state index is 0.415. The zero-order valence-electron chi connectivity index (χ0n) is 7.32. The van der Waals surface area contributed by atoms with E-state index in [0.29, 0.717) is 0 Å². The molecule has 0 aromatic carbocycles. The molecule has 0 aliphatic heterocycles. The van der Waals surface area contributed by atoms with Gasteiger partial charge in [-0.3, -0.25) is 7.80 Å². The molecule has 0 atom stereocenters. The zero-order valence-corrected chi connectivity index (χ0v) is 8.32. The molecule has 0 saturated heterocycles. The maximum absolute atomic E-state index is 5.95. The van der Waals surface area contributed by atoms with Crippen molar-refractivity contribution in [1.29, 1.82) is 0 Å². The number of hydrogen-bond donors (Lipinski definition) is 0. The van der Waals surface area contributed by atoms with E-state index in [1.165, 1.54) is 38.0 Å². The molecule has 0 aromatic rings. The highest BCUT2D eigenvalue weighted by Crippen LogP contribution is 2.31. The minimum Gasteiger partial charge on any atom is -0.310 e. The largest absolute Gasteiger partial charge is 0.310 e. The summed E-state index contributed by atoms with van der Waals surface area (Å²) in [5.74, 6) is 0. The smallest absolute Gasteiger partial charge is 0.00963 e. The standard InChI is InChI=1S/C8H19BP/c1-3-5-7-10(9)8-6-4-2/h10H,3-8H2,1-2H3. The Hall–Kier alpha value is 0.495. The van der Waals surface area contributed by atoms with Crippen LogP contribution in [0.25, 0.3) is 0 Å². The van der Waals surface area contributed by atoms with Crippen LogP contribution in [0.3, 0.4) is 0 Å². The summed E-state index contributed by atoms with van der Waals surface area (Å²) < 4.78 is 0. The van der Waals surface area contributed by atoms with Crippen molar-refractivity contribution >= 4 is 15.4 Å². The van der Waals surface area contributed by atoms with Gasteiger partial charge in [0.05, 0.1) is 0 Å². The second-order valence-corrected chi connectivity index (χ2v) is 5.18. The first kappa shape index (κ1) is 10.5. The van der Waals surface area contributed by atoms with Gasteiger partial charge >= 0.3 is 0 Å². The Balaban J connectivity index is 3.00. The highest BCUT2D eigenvalue weighted by molar-refractivity contribution is 7.82. The number of hydrogen-bond acceptors (Lipinski definition) is 0. The summed E-state index contributed by atoms with van der Waals surface area (Å²) in [7, 11) is 5.53. The van der Waals surface area contributed by atoms with Crippen molar-refractivity contribution in [2.45, 2.75) is 39.5 Å². The number of unbranched alkanes of at least 4 members (excludes halogenated alkanes) is 2. The maximum Gasteiger partial charge on any atom is 0.00963 e. The molecule has 0 aliphatic carbocycles. The first-order valence-electron chi connectivity index (χ1n) is 4.41. The van der Waals surface area contributed by atoms with E-state index in [0.717, 1.165) is 0 Å². The van der Waals surface area contributed by atoms with Gasteiger partial charge < -0.3 is 7.57 Å². The Morgan fingerprint density at radius 2 is 1.40 bits per heavy atom. The van der Waals surface area contributed by atoms with Crippen LogP contribution in [0.5, 0.6) is 0 Å². The lowest BCUT2D eigenvalue weighted by atomic mass is 10.4. The lowest BCUT2D eigenvalue weighted by molar-refractivity contribution is 0.872. The third-order valence-corrected chi connectivity index (χ3v) is 3.69. The van der Waals surface area contributed by atoms with Gasteiger partial charge in [-0.05, 0) is 12.8 Å². The summed E-state index contributed by atoms with van der Waals surface area (Å²) >= 11 is 0. The van der Waals surface area contributed by atoms with E-state index in [9.17, 15) is 0 Å². The predicted octanol–water partition coefficient (Wildman–Crippen LogP) is 2.88. The summed E-state index contributed by atoms with van der Waals surface area (Å²) in [6, 6.07) is 0. The molecule has 0 aromatic heterocycles. The highest BCUT2D eigenvalue weighted by atomic mass is 31.1. The van der Waals surface area contributed by atoms with Crippen LogP contribution in [0.15, 0.2) is 0 Å². The fourth-order valence-corrected chi connectivity index (χ4v) is 2.80. The lowest BCUT2D eigenvalue weighted by Crippen LogP contribution is -1.89. The fraction of sp³-hybridized carbons (Fsp3) is 1.00. The summed E-state index contributed by atoms with van der Waals surface area (Å²) in [6.07, 6.45) is 7.93. The molecule has 0 saturated carbocycles. The molecule has 0 aliphatic rings. The Bertz CT molecular complexity index is 58.3. The molecule has 0 spiro atoms. The van der Waals surface area contributed by atoms with E-state index < -0.39 is 7.80 Å². The van der Waals surface area contributed by atoms with E-state index in [2.05, 4.69) is 13.8 Å². The first-order chi connectivity index (χ1) is 4.81. The number of rotatable bonds is 6. The van der Waals surface area contributed by atoms with E-state index in [1.807, 2.05) is 0 Å². The van der Waals surface area contributed by atoms with E-state index >= 15 is 0 Å². The van der Waals surface area contributed by atoms with Crippen LogP contribution in [0.1, 0.15) is 39.5 Å². The second-order valence-electron chi connectivity index (χ2n) is 2.87. The zero-order chi connectivity index (χ0) is 7.82. The van der Waals surface area contributed by atoms with Crippen molar-refractivity contribution < 1.29 is 0 Å². The van der Waals surface area contributed by atoms with Crippen molar-refractivity contribution in [2.24, 2.45) is 0 Å². The van der Waals surface area contributed by atoms with Crippen LogP contribution in [-0.2, 0) is 0 Å². The Kier molecular flexibility index (Phi) is 7.98. The van der Waals surface area contributed by atoms with Crippen molar-refractivity contribution in [3.8, 4) is 0 Å². The molecule has 0 N–H and O–H groups in total. The van der Waals surface area contributed by atoms with Gasteiger partial charge in [-0.2, -0.15) is 0 Å². The molecule has 3 radical (unpaired) electrons. The summed E-state index contributed by atoms with van der Waals surface area (Å²) in [4.78, 5) is 0. The van der Waals surface area contributed by atoms with Gasteiger partial charge in [0.25, 0.3) is 0 Å². The highest BCUT2D eigenvalue weighted by Gasteiger charge is 1.94. The lowest BCUT2D eigenvalue weighted by Gasteiger charge is -2.15. The van der Waals surface area contributed by atoms with Gasteiger partial charge in [-0.25, -0.2) is 0 Å². The molecule has 2 heteroatoms. The van der Waals surface area contributed by atoms with Gasteiger partial charge in [0, 0.05) is 12.3 Å². The van der Waals surface area contributed by atoms with E-state index in [4.69, 9.17) is 7.57 Å². The van der Waals surface area contributed by atoms with Crippen LogP contribution in [0.4, 0.5) is 0 Å². The molecule has 0 bridgehead atoms. The molecule has 0 heterocycles. The minimum atomic E-state index is -0.415. The Labute approximate surface area is 67.9 Å². The third-order valence-electron chi connectivity index (χ3n) is 1.70. The molecule has 0 unspecified atom stereocenters. The quantitative estimate of drug-likeness (QED) is 0.410. The Morgan fingerprint density at radius 1 is 1.00 bits per heavy atom. The van der Waals surface area contributed by atoms with Gasteiger partial charge in [0.1, 0.15) is 0 Å². The maximum atomic E-state index is 5.95. The van der Waals surface area contributed by atoms with Crippen molar-refractivity contribution in [2.75, 3.05) is 12.3 Å². The predicted molar refractivity (Wildman–Crippen MR) is 53.6 cm³/mol. The van der Waals surface area contributed by atoms with Crippen molar-refractivity contribution in [1.82, 2.24) is 0 Å². The Morgan fingerprint density at radius 3 is 1.70 bits per heavy atom. The van der Waals surface area contributed by atoms with Crippen LogP contribution in [0.2, 0.25) is 0 Å². The van der Waals surface area contributed by atoms with Crippen molar-refractivity contribution in [3.05, 3.63) is 0 Å². The van der Waals surface area contributed by atoms with Crippen LogP contribution in [-0.4, -0.2) is 19.9 Å². The van der Waals surface area contributed by atoms with Gasteiger partial charge in [0.2, 0.25) is 0 Å². The fourth-order valence-electron chi connectivity index (χ4n) is 0.933. The molecular formula is C8H19BP. The van der Waals surface area contributed by atoms with Crippen LogP contribution < -0.4 is 0 Å². The van der Waals surface area contributed by atoms with E-state index in [1.54, 1.807) is 0 Å². The summed E-state index contributed by atoms with van der Waals surface area (Å²) in [5, 5.41) is 0. The van der Waals surface area contributed by atoms with Gasteiger partial charge in [0.15, 0.2) is 0 Å². The topological polar surface area (TPSA) is 0 Å². The van der Waals surface area contributed by atoms with Gasteiger partial charge in [-0.15, -0.1) is 0 Å². The monoisotopic (exact) mass is 157 g/mol.